The second-order valence-corrected chi connectivity index (χ2v) is 8.44. The molecule has 1 aromatic rings. The molecular formula is C17H25F3OSi. The summed E-state index contributed by atoms with van der Waals surface area (Å²) in [6.45, 7) is 0.766. The van der Waals surface area contributed by atoms with Gasteiger partial charge in [-0.2, -0.15) is 13.2 Å². The monoisotopic (exact) mass is 330 g/mol. The standard InChI is InChI=1S/C17H25F3OSi/c1-21-12-16(10-7-15(22)8-11-16)9-6-13-2-4-14(5-3-13)17(18,19)20/h2-5,15H,6-12H2,1,22H3/t15-,16+. The molecular weight excluding hydrogens is 305 g/mol. The zero-order valence-corrected chi connectivity index (χ0v) is 15.4. The van der Waals surface area contributed by atoms with E-state index in [4.69, 9.17) is 4.74 Å². The molecule has 0 radical (unpaired) electrons. The van der Waals surface area contributed by atoms with E-state index in [0.29, 0.717) is 0 Å². The lowest BCUT2D eigenvalue weighted by molar-refractivity contribution is -0.137. The highest BCUT2D eigenvalue weighted by molar-refractivity contribution is 6.11. The van der Waals surface area contributed by atoms with Crippen LogP contribution in [0, 0.1) is 5.41 Å². The van der Waals surface area contributed by atoms with Crippen molar-refractivity contribution in [2.75, 3.05) is 13.7 Å². The summed E-state index contributed by atoms with van der Waals surface area (Å²) in [7, 11) is 3.00. The molecule has 1 aromatic carbocycles. The number of hydrogen-bond donors (Lipinski definition) is 0. The summed E-state index contributed by atoms with van der Waals surface area (Å²) >= 11 is 0. The van der Waals surface area contributed by atoms with E-state index >= 15 is 0 Å². The number of alkyl halides is 3. The minimum atomic E-state index is -4.25. The second-order valence-electron chi connectivity index (χ2n) is 6.81. The molecule has 1 aliphatic rings. The summed E-state index contributed by atoms with van der Waals surface area (Å²) in [6.07, 6.45) is 2.52. The fraction of sp³-hybridized carbons (Fsp3) is 0.647. The van der Waals surface area contributed by atoms with Crippen LogP contribution in [0.15, 0.2) is 24.3 Å². The summed E-state index contributed by atoms with van der Waals surface area (Å²) in [5, 5.41) is 0. The van der Waals surface area contributed by atoms with Crippen molar-refractivity contribution >= 4 is 10.2 Å². The van der Waals surface area contributed by atoms with Gasteiger partial charge in [0.15, 0.2) is 0 Å². The van der Waals surface area contributed by atoms with Crippen molar-refractivity contribution in [1.82, 2.24) is 0 Å². The fourth-order valence-electron chi connectivity index (χ4n) is 3.42. The van der Waals surface area contributed by atoms with Crippen LogP contribution in [0.25, 0.3) is 0 Å². The smallest absolute Gasteiger partial charge is 0.384 e. The van der Waals surface area contributed by atoms with Crippen LogP contribution in [-0.4, -0.2) is 24.0 Å². The molecule has 5 heteroatoms. The van der Waals surface area contributed by atoms with Crippen molar-refractivity contribution in [3.8, 4) is 0 Å². The summed E-state index contributed by atoms with van der Waals surface area (Å²) in [5.74, 6) is 0. The van der Waals surface area contributed by atoms with Crippen LogP contribution in [0.4, 0.5) is 13.2 Å². The van der Waals surface area contributed by atoms with Crippen LogP contribution < -0.4 is 0 Å². The van der Waals surface area contributed by atoms with Crippen LogP contribution in [0.5, 0.6) is 0 Å². The van der Waals surface area contributed by atoms with Gasteiger partial charge in [0, 0.05) is 17.4 Å². The Morgan fingerprint density at radius 1 is 1.18 bits per heavy atom. The Morgan fingerprint density at radius 2 is 1.77 bits per heavy atom. The number of hydrogen-bond acceptors (Lipinski definition) is 1. The molecule has 22 heavy (non-hydrogen) atoms. The molecule has 0 saturated heterocycles. The Bertz CT molecular complexity index is 462. The molecule has 0 spiro atoms. The molecule has 2 rings (SSSR count). The van der Waals surface area contributed by atoms with E-state index in [1.54, 1.807) is 19.2 Å². The van der Waals surface area contributed by atoms with Crippen LogP contribution in [0.2, 0.25) is 5.54 Å². The fourth-order valence-corrected chi connectivity index (χ4v) is 3.99. The maximum atomic E-state index is 12.6. The van der Waals surface area contributed by atoms with Gasteiger partial charge in [0.05, 0.1) is 12.2 Å². The van der Waals surface area contributed by atoms with E-state index in [-0.39, 0.29) is 5.41 Å². The molecule has 0 aliphatic heterocycles. The Balaban J connectivity index is 1.97. The lowest BCUT2D eigenvalue weighted by atomic mass is 9.71. The predicted molar refractivity (Wildman–Crippen MR) is 86.2 cm³/mol. The molecule has 1 aliphatic carbocycles. The number of rotatable bonds is 5. The van der Waals surface area contributed by atoms with Gasteiger partial charge in [-0.3, -0.25) is 0 Å². The number of ether oxygens (including phenoxy) is 1. The average molecular weight is 330 g/mol. The predicted octanol–water partition coefficient (Wildman–Crippen LogP) is 4.00. The lowest BCUT2D eigenvalue weighted by Crippen LogP contribution is -2.31. The molecule has 124 valence electrons. The van der Waals surface area contributed by atoms with Crippen LogP contribution in [0.1, 0.15) is 43.2 Å². The van der Waals surface area contributed by atoms with Gasteiger partial charge >= 0.3 is 6.18 Å². The van der Waals surface area contributed by atoms with E-state index in [1.807, 2.05) is 0 Å². The Morgan fingerprint density at radius 3 is 2.27 bits per heavy atom. The van der Waals surface area contributed by atoms with Crippen molar-refractivity contribution in [2.24, 2.45) is 5.41 Å². The van der Waals surface area contributed by atoms with Gasteiger partial charge in [-0.15, -0.1) is 0 Å². The minimum absolute atomic E-state index is 0.221. The Hall–Kier alpha value is -0.813. The first-order valence-corrected chi connectivity index (χ1v) is 9.15. The molecule has 1 saturated carbocycles. The zero-order valence-electron chi connectivity index (χ0n) is 13.4. The molecule has 0 heterocycles. The first kappa shape index (κ1) is 17.5. The third kappa shape index (κ3) is 4.59. The highest BCUT2D eigenvalue weighted by atomic mass is 28.1. The average Bonchev–Trinajstić information content (AvgIpc) is 2.48. The third-order valence-electron chi connectivity index (χ3n) is 5.01. The lowest BCUT2D eigenvalue weighted by Gasteiger charge is -2.39. The van der Waals surface area contributed by atoms with Gasteiger partial charge in [-0.25, -0.2) is 0 Å². The van der Waals surface area contributed by atoms with Gasteiger partial charge in [0.1, 0.15) is 0 Å². The van der Waals surface area contributed by atoms with E-state index in [1.165, 1.54) is 48.1 Å². The van der Waals surface area contributed by atoms with Gasteiger partial charge in [0.2, 0.25) is 0 Å². The molecule has 1 fully saturated rings. The SMILES string of the molecule is COC[C@]1(CCc2ccc(C(F)(F)F)cc2)CC[C@H]([SiH3])CC1. The maximum absolute atomic E-state index is 12.6. The first-order chi connectivity index (χ1) is 10.3. The zero-order chi connectivity index (χ0) is 16.2. The summed E-state index contributed by atoms with van der Waals surface area (Å²) in [5.41, 5.74) is 1.55. The number of aryl methyl sites for hydroxylation is 1. The van der Waals surface area contributed by atoms with Gasteiger partial charge in [0.25, 0.3) is 0 Å². The highest BCUT2D eigenvalue weighted by Gasteiger charge is 2.34. The van der Waals surface area contributed by atoms with Crippen LogP contribution >= 0.6 is 0 Å². The molecule has 0 amide bonds. The van der Waals surface area contributed by atoms with Gasteiger partial charge < -0.3 is 4.74 Å². The molecule has 0 aromatic heterocycles. The molecule has 0 bridgehead atoms. The largest absolute Gasteiger partial charge is 0.416 e. The van der Waals surface area contributed by atoms with Crippen molar-refractivity contribution in [1.29, 1.82) is 0 Å². The maximum Gasteiger partial charge on any atom is 0.416 e. The highest BCUT2D eigenvalue weighted by Crippen LogP contribution is 2.43. The first-order valence-electron chi connectivity index (χ1n) is 8.00. The molecule has 0 atom stereocenters. The van der Waals surface area contributed by atoms with E-state index in [0.717, 1.165) is 30.6 Å². The molecule has 0 N–H and O–H groups in total. The van der Waals surface area contributed by atoms with Crippen LogP contribution in [0.3, 0.4) is 0 Å². The summed E-state index contributed by atoms with van der Waals surface area (Å²) in [4.78, 5) is 0. The number of benzene rings is 1. The van der Waals surface area contributed by atoms with Gasteiger partial charge in [-0.05, 0) is 48.8 Å². The topological polar surface area (TPSA) is 9.23 Å². The van der Waals surface area contributed by atoms with E-state index in [9.17, 15) is 13.2 Å². The van der Waals surface area contributed by atoms with Crippen molar-refractivity contribution in [2.45, 2.75) is 50.2 Å². The normalized spacial score (nSPS) is 26.3. The summed E-state index contributed by atoms with van der Waals surface area (Å²) < 4.78 is 43.2. The molecule has 0 unspecified atom stereocenters. The Labute approximate surface area is 133 Å². The summed E-state index contributed by atoms with van der Waals surface area (Å²) in [6, 6.07) is 5.60. The van der Waals surface area contributed by atoms with Crippen molar-refractivity contribution in [3.63, 3.8) is 0 Å². The molecule has 1 nitrogen and oxygen atoms in total. The quantitative estimate of drug-likeness (QED) is 0.742. The number of halogens is 3. The van der Waals surface area contributed by atoms with Crippen molar-refractivity contribution < 1.29 is 17.9 Å². The van der Waals surface area contributed by atoms with E-state index in [2.05, 4.69) is 0 Å². The second kappa shape index (κ2) is 7.17. The third-order valence-corrected chi connectivity index (χ3v) is 6.17. The Kier molecular flexibility index (Phi) is 5.72. The number of methoxy groups -OCH3 is 1. The minimum Gasteiger partial charge on any atom is -0.384 e. The van der Waals surface area contributed by atoms with Crippen molar-refractivity contribution in [3.05, 3.63) is 35.4 Å². The van der Waals surface area contributed by atoms with Crippen LogP contribution in [-0.2, 0) is 17.3 Å². The van der Waals surface area contributed by atoms with E-state index < -0.39 is 11.7 Å². The van der Waals surface area contributed by atoms with Gasteiger partial charge in [-0.1, -0.05) is 30.5 Å².